The minimum absolute atomic E-state index is 0.498. The fraction of sp³-hybridized carbons (Fsp3) is 0.438. The Morgan fingerprint density at radius 1 is 1.05 bits per heavy atom. The summed E-state index contributed by atoms with van der Waals surface area (Å²) in [5, 5.41) is 0. The first-order chi connectivity index (χ1) is 10.5. The summed E-state index contributed by atoms with van der Waals surface area (Å²) in [6.45, 7) is 3.11. The molecule has 0 spiro atoms. The fourth-order valence-corrected chi connectivity index (χ4v) is 2.76. The number of alkyl halides is 3. The van der Waals surface area contributed by atoms with E-state index in [-0.39, 0.29) is 0 Å². The van der Waals surface area contributed by atoms with Crippen LogP contribution in [-0.4, -0.2) is 27.5 Å². The molecule has 22 heavy (non-hydrogen) atoms. The van der Waals surface area contributed by atoms with Crippen molar-refractivity contribution in [1.82, 2.24) is 14.5 Å². The lowest BCUT2D eigenvalue weighted by molar-refractivity contribution is -0.137. The van der Waals surface area contributed by atoms with E-state index in [1.165, 1.54) is 25.3 Å². The molecule has 0 aliphatic carbocycles. The van der Waals surface area contributed by atoms with Crippen molar-refractivity contribution in [3.05, 3.63) is 47.9 Å². The molecule has 2 aromatic rings. The molecule has 0 bridgehead atoms. The minimum Gasteiger partial charge on any atom is -0.308 e. The topological polar surface area (TPSA) is 21.1 Å². The first-order valence-electron chi connectivity index (χ1n) is 7.45. The lowest BCUT2D eigenvalue weighted by atomic mass is 10.1. The number of hydrogen-bond acceptors (Lipinski definition) is 2. The van der Waals surface area contributed by atoms with Gasteiger partial charge < -0.3 is 4.57 Å². The number of nitrogens with zero attached hydrogens (tertiary/aromatic N) is 3. The highest BCUT2D eigenvalue weighted by molar-refractivity contribution is 5.29. The van der Waals surface area contributed by atoms with Gasteiger partial charge in [0, 0.05) is 25.1 Å². The lowest BCUT2D eigenvalue weighted by Gasteiger charge is -2.25. The van der Waals surface area contributed by atoms with Gasteiger partial charge in [-0.05, 0) is 49.7 Å². The highest BCUT2D eigenvalue weighted by atomic mass is 19.4. The van der Waals surface area contributed by atoms with Crippen LogP contribution in [0.25, 0.3) is 5.82 Å². The molecule has 0 radical (unpaired) electrons. The number of aromatic nitrogens is 2. The molecule has 1 aliphatic heterocycles. The summed E-state index contributed by atoms with van der Waals surface area (Å²) in [6, 6.07) is 4.45. The third kappa shape index (κ3) is 3.50. The number of halogens is 3. The van der Waals surface area contributed by atoms with Crippen molar-refractivity contribution in [3.8, 4) is 5.82 Å². The zero-order chi connectivity index (χ0) is 15.6. The smallest absolute Gasteiger partial charge is 0.308 e. The van der Waals surface area contributed by atoms with Crippen LogP contribution in [0, 0.1) is 0 Å². The van der Waals surface area contributed by atoms with E-state index in [1.807, 2.05) is 18.5 Å². The average Bonchev–Trinajstić information content (AvgIpc) is 2.96. The molecule has 0 atom stereocenters. The second-order valence-corrected chi connectivity index (χ2v) is 5.67. The Labute approximate surface area is 127 Å². The maximum atomic E-state index is 12.5. The second kappa shape index (κ2) is 6.12. The molecule has 0 aromatic carbocycles. The van der Waals surface area contributed by atoms with Gasteiger partial charge in [0.25, 0.3) is 0 Å². The van der Waals surface area contributed by atoms with E-state index < -0.39 is 11.7 Å². The summed E-state index contributed by atoms with van der Waals surface area (Å²) in [5.41, 5.74) is 0.431. The van der Waals surface area contributed by atoms with Crippen LogP contribution in [0.3, 0.4) is 0 Å². The average molecular weight is 309 g/mol. The van der Waals surface area contributed by atoms with Gasteiger partial charge in [0.2, 0.25) is 0 Å². The lowest BCUT2D eigenvalue weighted by Crippen LogP contribution is -2.28. The predicted octanol–water partition coefficient (Wildman–Crippen LogP) is 3.88. The van der Waals surface area contributed by atoms with Crippen LogP contribution >= 0.6 is 0 Å². The van der Waals surface area contributed by atoms with E-state index in [0.717, 1.165) is 37.5 Å². The van der Waals surface area contributed by atoms with Crippen LogP contribution in [0.1, 0.15) is 30.4 Å². The van der Waals surface area contributed by atoms with E-state index in [4.69, 9.17) is 0 Å². The first kappa shape index (κ1) is 15.1. The number of pyridine rings is 1. The fourth-order valence-electron chi connectivity index (χ4n) is 2.76. The molecule has 0 N–H and O–H groups in total. The largest absolute Gasteiger partial charge is 0.417 e. The predicted molar refractivity (Wildman–Crippen MR) is 77.7 cm³/mol. The molecule has 3 heterocycles. The normalized spacial score (nSPS) is 16.9. The van der Waals surface area contributed by atoms with Gasteiger partial charge in [0.1, 0.15) is 5.82 Å². The van der Waals surface area contributed by atoms with Crippen LogP contribution in [0.5, 0.6) is 0 Å². The Morgan fingerprint density at radius 3 is 2.45 bits per heavy atom. The van der Waals surface area contributed by atoms with E-state index >= 15 is 0 Å². The summed E-state index contributed by atoms with van der Waals surface area (Å²) in [6.07, 6.45) is 4.08. The molecule has 0 amide bonds. The number of piperidine rings is 1. The molecule has 1 saturated heterocycles. The molecule has 0 saturated carbocycles. The van der Waals surface area contributed by atoms with E-state index in [0.29, 0.717) is 5.82 Å². The number of likely N-dealkylation sites (tertiary alicyclic amines) is 1. The van der Waals surface area contributed by atoms with E-state index in [2.05, 4.69) is 9.88 Å². The molecular weight excluding hydrogens is 291 g/mol. The molecule has 3 nitrogen and oxygen atoms in total. The van der Waals surface area contributed by atoms with Crippen molar-refractivity contribution < 1.29 is 13.2 Å². The van der Waals surface area contributed by atoms with E-state index in [1.54, 1.807) is 4.57 Å². The minimum atomic E-state index is -4.35. The van der Waals surface area contributed by atoms with Gasteiger partial charge in [-0.2, -0.15) is 13.2 Å². The summed E-state index contributed by atoms with van der Waals surface area (Å²) >= 11 is 0. The van der Waals surface area contributed by atoms with Gasteiger partial charge in [0.15, 0.2) is 0 Å². The molecule has 1 fully saturated rings. The van der Waals surface area contributed by atoms with Crippen LogP contribution in [0.4, 0.5) is 13.2 Å². The zero-order valence-corrected chi connectivity index (χ0v) is 12.2. The SMILES string of the molecule is FC(F)(F)c1ccc(-n2ccc(CN3CCCCC3)c2)nc1. The van der Waals surface area contributed by atoms with Gasteiger partial charge in [-0.25, -0.2) is 4.98 Å². The molecule has 6 heteroatoms. The van der Waals surface area contributed by atoms with Gasteiger partial charge in [-0.15, -0.1) is 0 Å². The molecule has 3 rings (SSSR count). The highest BCUT2D eigenvalue weighted by Crippen LogP contribution is 2.28. The van der Waals surface area contributed by atoms with Crippen molar-refractivity contribution >= 4 is 0 Å². The first-order valence-corrected chi connectivity index (χ1v) is 7.45. The van der Waals surface area contributed by atoms with Gasteiger partial charge in [0.05, 0.1) is 5.56 Å². The number of rotatable bonds is 3. The van der Waals surface area contributed by atoms with Crippen LogP contribution in [0.2, 0.25) is 0 Å². The molecule has 118 valence electrons. The monoisotopic (exact) mass is 309 g/mol. The Bertz CT molecular complexity index is 610. The van der Waals surface area contributed by atoms with Crippen molar-refractivity contribution in [1.29, 1.82) is 0 Å². The molecular formula is C16H18F3N3. The van der Waals surface area contributed by atoms with Gasteiger partial charge >= 0.3 is 6.18 Å². The van der Waals surface area contributed by atoms with Gasteiger partial charge in [-0.3, -0.25) is 4.90 Å². The molecule has 1 aliphatic rings. The van der Waals surface area contributed by atoms with Crippen molar-refractivity contribution in [3.63, 3.8) is 0 Å². The van der Waals surface area contributed by atoms with E-state index in [9.17, 15) is 13.2 Å². The number of hydrogen-bond donors (Lipinski definition) is 0. The summed E-state index contributed by atoms with van der Waals surface area (Å²) in [5.74, 6) is 0.498. The van der Waals surface area contributed by atoms with Crippen LogP contribution in [-0.2, 0) is 12.7 Å². The van der Waals surface area contributed by atoms with Crippen molar-refractivity contribution in [2.75, 3.05) is 13.1 Å². The summed E-state index contributed by atoms with van der Waals surface area (Å²) < 4.78 is 39.4. The molecule has 0 unspecified atom stereocenters. The second-order valence-electron chi connectivity index (χ2n) is 5.67. The Morgan fingerprint density at radius 2 is 1.82 bits per heavy atom. The Balaban J connectivity index is 1.70. The summed E-state index contributed by atoms with van der Waals surface area (Å²) in [4.78, 5) is 6.31. The van der Waals surface area contributed by atoms with Crippen molar-refractivity contribution in [2.45, 2.75) is 32.0 Å². The third-order valence-electron chi connectivity index (χ3n) is 3.95. The Hall–Kier alpha value is -1.82. The maximum Gasteiger partial charge on any atom is 0.417 e. The van der Waals surface area contributed by atoms with Crippen molar-refractivity contribution in [2.24, 2.45) is 0 Å². The molecule has 2 aromatic heterocycles. The Kier molecular flexibility index (Phi) is 4.20. The van der Waals surface area contributed by atoms with Crippen LogP contribution in [0.15, 0.2) is 36.8 Å². The summed E-state index contributed by atoms with van der Waals surface area (Å²) in [7, 11) is 0. The zero-order valence-electron chi connectivity index (χ0n) is 12.2. The highest BCUT2D eigenvalue weighted by Gasteiger charge is 2.30. The van der Waals surface area contributed by atoms with Gasteiger partial charge in [-0.1, -0.05) is 6.42 Å². The standard InChI is InChI=1S/C16H18F3N3/c17-16(18,19)14-4-5-15(20-10-14)22-9-6-13(12-22)11-21-7-2-1-3-8-21/h4-6,9-10,12H,1-3,7-8,11H2. The van der Waals surface area contributed by atoms with Crippen LogP contribution < -0.4 is 0 Å². The quantitative estimate of drug-likeness (QED) is 0.858. The third-order valence-corrected chi connectivity index (χ3v) is 3.95. The maximum absolute atomic E-state index is 12.5.